The lowest BCUT2D eigenvalue weighted by Gasteiger charge is -2.07. The topological polar surface area (TPSA) is 96.3 Å². The standard InChI is InChI=1S/C13H6ClN5S/c1-7-18-10-3-2-9(12(14)13(10)20-7)19-11(6-17)8(4-15)5-16/h2-3,19H,1H3. The average Bonchev–Trinajstić information content (AvgIpc) is 2.83. The van der Waals surface area contributed by atoms with Crippen molar-refractivity contribution in [1.29, 1.82) is 15.8 Å². The number of hydrogen-bond donors (Lipinski definition) is 1. The summed E-state index contributed by atoms with van der Waals surface area (Å²) in [5.74, 6) is 0. The van der Waals surface area contributed by atoms with E-state index in [1.165, 1.54) is 11.3 Å². The van der Waals surface area contributed by atoms with E-state index in [0.29, 0.717) is 10.7 Å². The molecular weight excluding hydrogens is 294 g/mol. The molecule has 0 spiro atoms. The third-order valence-corrected chi connectivity index (χ3v) is 3.96. The molecule has 1 aromatic carbocycles. The first-order valence-corrected chi connectivity index (χ1v) is 6.57. The van der Waals surface area contributed by atoms with Gasteiger partial charge in [-0.1, -0.05) is 11.6 Å². The highest BCUT2D eigenvalue weighted by atomic mass is 35.5. The molecular formula is C13H6ClN5S. The molecule has 0 amide bonds. The maximum atomic E-state index is 9.00. The molecule has 5 nitrogen and oxygen atoms in total. The van der Waals surface area contributed by atoms with E-state index in [1.54, 1.807) is 30.3 Å². The summed E-state index contributed by atoms with van der Waals surface area (Å²) in [4.78, 5) is 4.31. The van der Waals surface area contributed by atoms with Gasteiger partial charge < -0.3 is 5.32 Å². The van der Waals surface area contributed by atoms with Crippen LogP contribution in [-0.4, -0.2) is 4.98 Å². The molecule has 0 fully saturated rings. The molecule has 0 aliphatic rings. The van der Waals surface area contributed by atoms with Gasteiger partial charge in [0.25, 0.3) is 0 Å². The molecule has 0 saturated carbocycles. The van der Waals surface area contributed by atoms with E-state index in [9.17, 15) is 0 Å². The minimum Gasteiger partial charge on any atom is -0.344 e. The first-order valence-electron chi connectivity index (χ1n) is 5.38. The fourth-order valence-electron chi connectivity index (χ4n) is 1.59. The monoisotopic (exact) mass is 299 g/mol. The van der Waals surface area contributed by atoms with E-state index in [-0.39, 0.29) is 11.3 Å². The number of nitriles is 3. The van der Waals surface area contributed by atoms with Gasteiger partial charge in [0.2, 0.25) is 0 Å². The van der Waals surface area contributed by atoms with Gasteiger partial charge in [-0.05, 0) is 19.1 Å². The van der Waals surface area contributed by atoms with Gasteiger partial charge >= 0.3 is 0 Å². The fraction of sp³-hybridized carbons (Fsp3) is 0.0769. The van der Waals surface area contributed by atoms with E-state index in [1.807, 2.05) is 6.92 Å². The summed E-state index contributed by atoms with van der Waals surface area (Å²) in [6.07, 6.45) is 0. The molecule has 96 valence electrons. The highest BCUT2D eigenvalue weighted by Gasteiger charge is 2.12. The van der Waals surface area contributed by atoms with Crippen LogP contribution in [0, 0.1) is 40.9 Å². The number of allylic oxidation sites excluding steroid dienone is 2. The van der Waals surface area contributed by atoms with Crippen molar-refractivity contribution < 1.29 is 0 Å². The number of rotatable bonds is 2. The predicted molar refractivity (Wildman–Crippen MR) is 76.9 cm³/mol. The van der Waals surface area contributed by atoms with Crippen LogP contribution in [0.15, 0.2) is 23.4 Å². The molecule has 2 aromatic rings. The Balaban J connectivity index is 2.53. The molecule has 1 aromatic heterocycles. The van der Waals surface area contributed by atoms with Crippen molar-refractivity contribution in [3.05, 3.63) is 33.4 Å². The summed E-state index contributed by atoms with van der Waals surface area (Å²) in [6.45, 7) is 1.87. The normalized spacial score (nSPS) is 9.35. The van der Waals surface area contributed by atoms with E-state index in [2.05, 4.69) is 10.3 Å². The molecule has 0 unspecified atom stereocenters. The first kappa shape index (κ1) is 13.8. The van der Waals surface area contributed by atoms with Gasteiger partial charge in [-0.15, -0.1) is 11.3 Å². The van der Waals surface area contributed by atoms with E-state index >= 15 is 0 Å². The highest BCUT2D eigenvalue weighted by molar-refractivity contribution is 7.19. The largest absolute Gasteiger partial charge is 0.344 e. The number of aryl methyl sites for hydroxylation is 1. The number of fused-ring (bicyclic) bond motifs is 1. The maximum Gasteiger partial charge on any atom is 0.163 e. The molecule has 2 rings (SSSR count). The Morgan fingerprint density at radius 3 is 2.55 bits per heavy atom. The third kappa shape index (κ3) is 2.41. The molecule has 0 saturated heterocycles. The van der Waals surface area contributed by atoms with Crippen molar-refractivity contribution >= 4 is 38.8 Å². The molecule has 1 heterocycles. The van der Waals surface area contributed by atoms with Crippen LogP contribution in [0.4, 0.5) is 5.69 Å². The van der Waals surface area contributed by atoms with Crippen LogP contribution in [0.1, 0.15) is 5.01 Å². The van der Waals surface area contributed by atoms with Crippen LogP contribution in [0.3, 0.4) is 0 Å². The van der Waals surface area contributed by atoms with Gasteiger partial charge in [0.1, 0.15) is 23.9 Å². The SMILES string of the molecule is Cc1nc2ccc(NC(C#N)=C(C#N)C#N)c(Cl)c2s1. The lowest BCUT2D eigenvalue weighted by molar-refractivity contribution is 1.34. The van der Waals surface area contributed by atoms with Crippen LogP contribution < -0.4 is 5.32 Å². The van der Waals surface area contributed by atoms with Gasteiger partial charge in [-0.25, -0.2) is 4.98 Å². The van der Waals surface area contributed by atoms with Crippen molar-refractivity contribution in [3.8, 4) is 18.2 Å². The number of benzene rings is 1. The first-order chi connectivity index (χ1) is 9.60. The molecule has 0 atom stereocenters. The van der Waals surface area contributed by atoms with Gasteiger partial charge in [-0.3, -0.25) is 0 Å². The summed E-state index contributed by atoms with van der Waals surface area (Å²) in [6, 6.07) is 8.54. The fourth-order valence-corrected chi connectivity index (χ4v) is 2.77. The smallest absolute Gasteiger partial charge is 0.163 e. The quantitative estimate of drug-likeness (QED) is 0.856. The van der Waals surface area contributed by atoms with E-state index in [0.717, 1.165) is 15.2 Å². The van der Waals surface area contributed by atoms with Crippen LogP contribution >= 0.6 is 22.9 Å². The zero-order valence-corrected chi connectivity index (χ0v) is 11.8. The summed E-state index contributed by atoms with van der Waals surface area (Å²) in [7, 11) is 0. The number of aromatic nitrogens is 1. The third-order valence-electron chi connectivity index (χ3n) is 2.45. The molecule has 20 heavy (non-hydrogen) atoms. The number of hydrogen-bond acceptors (Lipinski definition) is 6. The van der Waals surface area contributed by atoms with Crippen molar-refractivity contribution in [2.24, 2.45) is 0 Å². The summed E-state index contributed by atoms with van der Waals surface area (Å²) >= 11 is 7.69. The molecule has 0 bridgehead atoms. The van der Waals surface area contributed by atoms with Crippen molar-refractivity contribution in [3.63, 3.8) is 0 Å². The van der Waals surface area contributed by atoms with Gasteiger partial charge in [0.15, 0.2) is 5.57 Å². The van der Waals surface area contributed by atoms with E-state index < -0.39 is 0 Å². The highest BCUT2D eigenvalue weighted by Crippen LogP contribution is 2.35. The lowest BCUT2D eigenvalue weighted by atomic mass is 10.2. The van der Waals surface area contributed by atoms with Crippen LogP contribution in [-0.2, 0) is 0 Å². The van der Waals surface area contributed by atoms with Crippen molar-refractivity contribution in [1.82, 2.24) is 4.98 Å². The zero-order chi connectivity index (χ0) is 14.7. The Morgan fingerprint density at radius 1 is 1.25 bits per heavy atom. The van der Waals surface area contributed by atoms with Crippen molar-refractivity contribution in [2.75, 3.05) is 5.32 Å². The minimum absolute atomic E-state index is 0.127. The Hall–Kier alpha value is -2.59. The van der Waals surface area contributed by atoms with Crippen molar-refractivity contribution in [2.45, 2.75) is 6.92 Å². The molecule has 1 N–H and O–H groups in total. The van der Waals surface area contributed by atoms with Gasteiger partial charge in [0.05, 0.1) is 25.9 Å². The zero-order valence-electron chi connectivity index (χ0n) is 10.2. The number of anilines is 1. The Labute approximate surface area is 124 Å². The summed E-state index contributed by atoms with van der Waals surface area (Å²) < 4.78 is 0.793. The Bertz CT molecular complexity index is 828. The minimum atomic E-state index is -0.288. The van der Waals surface area contributed by atoms with Gasteiger partial charge in [0, 0.05) is 0 Å². The van der Waals surface area contributed by atoms with Crippen LogP contribution in [0.5, 0.6) is 0 Å². The number of thiazole rings is 1. The second-order valence-electron chi connectivity index (χ2n) is 3.72. The molecule has 0 radical (unpaired) electrons. The Morgan fingerprint density at radius 2 is 1.95 bits per heavy atom. The Kier molecular flexibility index (Phi) is 3.86. The number of nitrogens with zero attached hydrogens (tertiary/aromatic N) is 4. The van der Waals surface area contributed by atoms with Gasteiger partial charge in [-0.2, -0.15) is 15.8 Å². The summed E-state index contributed by atoms with van der Waals surface area (Å²) in [5.41, 5.74) is 0.815. The number of nitrogens with one attached hydrogen (secondary N) is 1. The second kappa shape index (κ2) is 5.59. The maximum absolute atomic E-state index is 9.00. The van der Waals surface area contributed by atoms with Crippen LogP contribution in [0.25, 0.3) is 10.2 Å². The molecule has 0 aliphatic heterocycles. The lowest BCUT2D eigenvalue weighted by Crippen LogP contribution is -2.01. The van der Waals surface area contributed by atoms with E-state index in [4.69, 9.17) is 27.4 Å². The number of halogens is 1. The predicted octanol–water partition coefficient (Wildman–Crippen LogP) is 3.49. The average molecular weight is 300 g/mol. The summed E-state index contributed by atoms with van der Waals surface area (Å²) in [5, 5.41) is 30.6. The van der Waals surface area contributed by atoms with Crippen LogP contribution in [0.2, 0.25) is 5.02 Å². The second-order valence-corrected chi connectivity index (χ2v) is 5.30. The molecule has 7 heteroatoms. The molecule has 0 aliphatic carbocycles.